The lowest BCUT2D eigenvalue weighted by molar-refractivity contribution is 0.102. The molecule has 0 bridgehead atoms. The fourth-order valence-electron chi connectivity index (χ4n) is 5.15. The molecule has 11 heteroatoms. The summed E-state index contributed by atoms with van der Waals surface area (Å²) in [5.41, 5.74) is 1.64. The molecule has 5 heterocycles. The normalized spacial score (nSPS) is 19.6. The first kappa shape index (κ1) is 23.3. The van der Waals surface area contributed by atoms with Crippen molar-refractivity contribution in [2.24, 2.45) is 0 Å². The zero-order chi connectivity index (χ0) is 25.5. The number of rotatable bonds is 5. The lowest BCUT2D eigenvalue weighted by atomic mass is 10.0. The van der Waals surface area contributed by atoms with Crippen LogP contribution < -0.4 is 15.1 Å². The van der Waals surface area contributed by atoms with Crippen molar-refractivity contribution in [2.45, 2.75) is 31.4 Å². The van der Waals surface area contributed by atoms with Crippen LogP contribution in [0.4, 0.5) is 26.1 Å². The van der Waals surface area contributed by atoms with Crippen LogP contribution in [0.15, 0.2) is 48.8 Å². The maximum atomic E-state index is 14.6. The van der Waals surface area contributed by atoms with Crippen LogP contribution in [-0.2, 0) is 0 Å². The molecule has 1 unspecified atom stereocenters. The lowest BCUT2D eigenvalue weighted by Crippen LogP contribution is -2.24. The number of aromatic nitrogens is 4. The van der Waals surface area contributed by atoms with E-state index in [0.29, 0.717) is 54.0 Å². The van der Waals surface area contributed by atoms with E-state index in [1.54, 1.807) is 18.3 Å². The van der Waals surface area contributed by atoms with Gasteiger partial charge in [-0.15, -0.1) is 0 Å². The van der Waals surface area contributed by atoms with Gasteiger partial charge in [-0.3, -0.25) is 9.89 Å². The molecule has 0 aliphatic carbocycles. The first-order valence-electron chi connectivity index (χ1n) is 12.2. The molecule has 1 aromatic carbocycles. The molecule has 2 saturated heterocycles. The Morgan fingerprint density at radius 2 is 1.97 bits per heavy atom. The molecule has 2 atom stereocenters. The molecule has 3 N–H and O–H groups in total. The Labute approximate surface area is 211 Å². The minimum Gasteiger partial charge on any atom is -0.391 e. The maximum absolute atomic E-state index is 14.6. The molecule has 2 fully saturated rings. The summed E-state index contributed by atoms with van der Waals surface area (Å²) >= 11 is 0. The lowest BCUT2D eigenvalue weighted by Gasteiger charge is -2.25. The van der Waals surface area contributed by atoms with Gasteiger partial charge in [0.1, 0.15) is 17.5 Å². The number of carbonyl (C=O) groups is 1. The molecular weight excluding hydrogens is 480 g/mol. The van der Waals surface area contributed by atoms with Crippen molar-refractivity contribution in [3.63, 3.8) is 0 Å². The number of hydrogen-bond acceptors (Lipinski definition) is 7. The van der Waals surface area contributed by atoms with Gasteiger partial charge in [0, 0.05) is 31.4 Å². The van der Waals surface area contributed by atoms with Crippen molar-refractivity contribution in [1.29, 1.82) is 0 Å². The average Bonchev–Trinajstić information content (AvgIpc) is 3.65. The van der Waals surface area contributed by atoms with E-state index in [1.165, 1.54) is 12.3 Å². The Kier molecular flexibility index (Phi) is 5.91. The highest BCUT2D eigenvalue weighted by Gasteiger charge is 2.31. The molecule has 0 spiro atoms. The van der Waals surface area contributed by atoms with Crippen LogP contribution >= 0.6 is 0 Å². The minimum atomic E-state index is -0.490. The predicted octanol–water partition coefficient (Wildman–Crippen LogP) is 3.80. The number of benzene rings is 1. The number of aromatic amines is 1. The summed E-state index contributed by atoms with van der Waals surface area (Å²) in [5.74, 6) is -0.0206. The van der Waals surface area contributed by atoms with E-state index in [1.807, 2.05) is 15.9 Å². The minimum absolute atomic E-state index is 0.287. The number of halogens is 2. The SMILES string of the molecule is O=C(Nc1ccc(N2CCC(O)C2)nc1)c1cnc2[nH]nc(N3CCC[C@@H]3c3cc(F)ccc3F)c2c1. The highest BCUT2D eigenvalue weighted by Crippen LogP contribution is 2.39. The van der Waals surface area contributed by atoms with Gasteiger partial charge < -0.3 is 20.2 Å². The van der Waals surface area contributed by atoms with Crippen molar-refractivity contribution in [2.75, 3.05) is 34.8 Å². The Morgan fingerprint density at radius 1 is 1.08 bits per heavy atom. The van der Waals surface area contributed by atoms with Crippen LogP contribution in [0, 0.1) is 11.6 Å². The topological polar surface area (TPSA) is 110 Å². The molecule has 190 valence electrons. The number of H-pyrrole nitrogens is 1. The Bertz CT molecular complexity index is 1460. The number of nitrogens with zero attached hydrogens (tertiary/aromatic N) is 5. The molecule has 9 nitrogen and oxygen atoms in total. The van der Waals surface area contributed by atoms with Crippen LogP contribution in [-0.4, -0.2) is 56.9 Å². The smallest absolute Gasteiger partial charge is 0.257 e. The van der Waals surface area contributed by atoms with Gasteiger partial charge in [-0.05, 0) is 55.7 Å². The summed E-state index contributed by atoms with van der Waals surface area (Å²) in [6.07, 6.45) is 4.85. The van der Waals surface area contributed by atoms with E-state index in [2.05, 4.69) is 25.5 Å². The first-order valence-corrected chi connectivity index (χ1v) is 12.2. The number of amides is 1. The molecule has 37 heavy (non-hydrogen) atoms. The Morgan fingerprint density at radius 3 is 2.76 bits per heavy atom. The molecule has 3 aromatic heterocycles. The third-order valence-corrected chi connectivity index (χ3v) is 6.99. The average molecular weight is 506 g/mol. The number of nitrogens with one attached hydrogen (secondary N) is 2. The Balaban J connectivity index is 1.23. The zero-order valence-corrected chi connectivity index (χ0v) is 19.9. The summed E-state index contributed by atoms with van der Waals surface area (Å²) in [5, 5.41) is 20.5. The third kappa shape index (κ3) is 4.46. The fraction of sp³-hybridized carbons (Fsp3) is 0.308. The summed E-state index contributed by atoms with van der Waals surface area (Å²) in [7, 11) is 0. The fourth-order valence-corrected chi connectivity index (χ4v) is 5.15. The largest absolute Gasteiger partial charge is 0.391 e. The number of pyridine rings is 2. The molecule has 4 aromatic rings. The predicted molar refractivity (Wildman–Crippen MR) is 135 cm³/mol. The number of anilines is 3. The standard InChI is InChI=1S/C26H25F2N7O2/c27-16-3-5-21(28)19(11-16)22-2-1-8-35(22)25-20-10-15(12-30-24(20)32-33-25)26(37)31-17-4-6-23(29-13-17)34-9-7-18(36)14-34/h3-6,10-13,18,22,36H,1-2,7-9,14H2,(H,31,37)(H,30,32,33)/t18?,22-/m1/s1. The molecule has 6 rings (SSSR count). The second-order valence-electron chi connectivity index (χ2n) is 9.43. The van der Waals surface area contributed by atoms with E-state index >= 15 is 0 Å². The van der Waals surface area contributed by atoms with Gasteiger partial charge in [-0.1, -0.05) is 0 Å². The zero-order valence-electron chi connectivity index (χ0n) is 19.9. The van der Waals surface area contributed by atoms with Gasteiger partial charge >= 0.3 is 0 Å². The van der Waals surface area contributed by atoms with Gasteiger partial charge in [0.25, 0.3) is 5.91 Å². The number of fused-ring (bicyclic) bond motifs is 1. The van der Waals surface area contributed by atoms with Gasteiger partial charge in [0.2, 0.25) is 0 Å². The van der Waals surface area contributed by atoms with Gasteiger partial charge in [0.15, 0.2) is 11.5 Å². The Hall–Kier alpha value is -4.12. The van der Waals surface area contributed by atoms with Gasteiger partial charge in [-0.25, -0.2) is 18.7 Å². The van der Waals surface area contributed by atoms with E-state index in [9.17, 15) is 18.7 Å². The second-order valence-corrected chi connectivity index (χ2v) is 9.43. The van der Waals surface area contributed by atoms with Gasteiger partial charge in [0.05, 0.1) is 35.0 Å². The van der Waals surface area contributed by atoms with Crippen LogP contribution in [0.3, 0.4) is 0 Å². The number of hydrogen-bond donors (Lipinski definition) is 3. The quantitative estimate of drug-likeness (QED) is 0.379. The molecule has 2 aliphatic heterocycles. The summed E-state index contributed by atoms with van der Waals surface area (Å²) < 4.78 is 28.4. The van der Waals surface area contributed by atoms with Crippen molar-refractivity contribution in [3.8, 4) is 0 Å². The molecule has 0 saturated carbocycles. The highest BCUT2D eigenvalue weighted by atomic mass is 19.1. The van der Waals surface area contributed by atoms with E-state index in [4.69, 9.17) is 0 Å². The monoisotopic (exact) mass is 505 g/mol. The van der Waals surface area contributed by atoms with Crippen LogP contribution in [0.1, 0.15) is 41.2 Å². The molecular formula is C26H25F2N7O2. The maximum Gasteiger partial charge on any atom is 0.257 e. The molecule has 2 aliphatic rings. The molecule has 1 amide bonds. The van der Waals surface area contributed by atoms with Crippen LogP contribution in [0.5, 0.6) is 0 Å². The van der Waals surface area contributed by atoms with Gasteiger partial charge in [-0.2, -0.15) is 5.10 Å². The summed E-state index contributed by atoms with van der Waals surface area (Å²) in [6, 6.07) is 8.38. The van der Waals surface area contributed by atoms with Crippen LogP contribution in [0.25, 0.3) is 11.0 Å². The van der Waals surface area contributed by atoms with Crippen molar-refractivity contribution >= 4 is 34.3 Å². The highest BCUT2D eigenvalue weighted by molar-refractivity contribution is 6.06. The number of aliphatic hydroxyl groups excluding tert-OH is 1. The van der Waals surface area contributed by atoms with Crippen molar-refractivity contribution in [1.82, 2.24) is 20.2 Å². The number of aliphatic hydroxyl groups is 1. The van der Waals surface area contributed by atoms with Crippen LogP contribution in [0.2, 0.25) is 0 Å². The van der Waals surface area contributed by atoms with Crippen molar-refractivity contribution < 1.29 is 18.7 Å². The van der Waals surface area contributed by atoms with E-state index in [0.717, 1.165) is 30.9 Å². The summed E-state index contributed by atoms with van der Waals surface area (Å²) in [6.45, 7) is 1.90. The third-order valence-electron chi connectivity index (χ3n) is 6.99. The summed E-state index contributed by atoms with van der Waals surface area (Å²) in [4.78, 5) is 25.7. The number of β-amino-alcohol motifs (C(OH)–C–C–N with tert-alkyl or cyclic N) is 1. The van der Waals surface area contributed by atoms with Crippen molar-refractivity contribution in [3.05, 3.63) is 71.6 Å². The number of carbonyl (C=O) groups excluding carboxylic acids is 1. The van der Waals surface area contributed by atoms with E-state index < -0.39 is 11.6 Å². The second kappa shape index (κ2) is 9.40. The molecule has 0 radical (unpaired) electrons. The van der Waals surface area contributed by atoms with E-state index in [-0.39, 0.29) is 23.6 Å². The first-order chi connectivity index (χ1) is 18.0.